The van der Waals surface area contributed by atoms with Crippen molar-refractivity contribution in [3.05, 3.63) is 60.1 Å². The number of anilines is 1. The number of amides is 1. The summed E-state index contributed by atoms with van der Waals surface area (Å²) >= 11 is 0. The van der Waals surface area contributed by atoms with Gasteiger partial charge in [0, 0.05) is 24.0 Å². The number of hydrogen-bond donors (Lipinski definition) is 2. The minimum absolute atomic E-state index is 0.135. The van der Waals surface area contributed by atoms with Crippen molar-refractivity contribution in [3.63, 3.8) is 0 Å². The molecule has 0 unspecified atom stereocenters. The van der Waals surface area contributed by atoms with Crippen molar-refractivity contribution in [2.24, 2.45) is 0 Å². The first-order valence-electron chi connectivity index (χ1n) is 5.75. The molecule has 0 bridgehead atoms. The van der Waals surface area contributed by atoms with Gasteiger partial charge in [-0.3, -0.25) is 9.78 Å². The van der Waals surface area contributed by atoms with Crippen LogP contribution in [-0.2, 0) is 4.79 Å². The minimum Gasteiger partial charge on any atom is -0.478 e. The van der Waals surface area contributed by atoms with E-state index in [-0.39, 0.29) is 5.69 Å². The second-order valence-corrected chi connectivity index (χ2v) is 3.78. The number of hydrogen-bond acceptors (Lipinski definition) is 4. The number of aliphatic carboxylic acids is 1. The first-order valence-corrected chi connectivity index (χ1v) is 5.75. The van der Waals surface area contributed by atoms with Crippen molar-refractivity contribution < 1.29 is 14.7 Å². The fourth-order valence-corrected chi connectivity index (χ4v) is 1.52. The van der Waals surface area contributed by atoms with Gasteiger partial charge in [-0.25, -0.2) is 9.78 Å². The van der Waals surface area contributed by atoms with E-state index in [1.165, 1.54) is 12.3 Å². The minimum atomic E-state index is -1.09. The maximum atomic E-state index is 12.1. The third-order valence-corrected chi connectivity index (χ3v) is 2.37. The Morgan fingerprint density at radius 3 is 2.60 bits per heavy atom. The zero-order chi connectivity index (χ0) is 14.4. The topological polar surface area (TPSA) is 92.2 Å². The highest BCUT2D eigenvalue weighted by atomic mass is 16.4. The number of carbonyl (C=O) groups excluding carboxylic acids is 1. The number of aromatic nitrogens is 2. The van der Waals surface area contributed by atoms with E-state index in [1.807, 2.05) is 0 Å². The Balaban J connectivity index is 2.24. The SMILES string of the molecule is O=C(O)/C=C/c1cccnc1C(=O)Nc1ccccn1. The Bertz CT molecular complexity index is 654. The highest BCUT2D eigenvalue weighted by molar-refractivity contribution is 6.05. The van der Waals surface area contributed by atoms with Crippen LogP contribution in [0, 0.1) is 0 Å². The standard InChI is InChI=1S/C14H11N3O3/c18-12(19)7-6-10-4-3-9-16-13(10)14(20)17-11-5-1-2-8-15-11/h1-9H,(H,18,19)(H,15,17,20)/b7-6+. The van der Waals surface area contributed by atoms with Gasteiger partial charge >= 0.3 is 5.97 Å². The third-order valence-electron chi connectivity index (χ3n) is 2.37. The number of pyridine rings is 2. The second-order valence-electron chi connectivity index (χ2n) is 3.78. The average molecular weight is 269 g/mol. The Kier molecular flexibility index (Phi) is 4.18. The molecule has 20 heavy (non-hydrogen) atoms. The summed E-state index contributed by atoms with van der Waals surface area (Å²) in [5, 5.41) is 11.2. The molecule has 1 amide bonds. The van der Waals surface area contributed by atoms with Crippen molar-refractivity contribution in [2.75, 3.05) is 5.32 Å². The second kappa shape index (κ2) is 6.24. The normalized spacial score (nSPS) is 10.4. The molecule has 0 atom stereocenters. The van der Waals surface area contributed by atoms with Gasteiger partial charge in [-0.05, 0) is 24.3 Å². The van der Waals surface area contributed by atoms with Crippen LogP contribution in [0.15, 0.2) is 48.8 Å². The summed E-state index contributed by atoms with van der Waals surface area (Å²) in [6.07, 6.45) is 5.29. The van der Waals surface area contributed by atoms with Crippen LogP contribution in [0.25, 0.3) is 6.08 Å². The van der Waals surface area contributed by atoms with Gasteiger partial charge in [-0.1, -0.05) is 12.1 Å². The summed E-state index contributed by atoms with van der Waals surface area (Å²) in [5.41, 5.74) is 0.555. The van der Waals surface area contributed by atoms with Crippen LogP contribution in [0.1, 0.15) is 16.1 Å². The van der Waals surface area contributed by atoms with Crippen LogP contribution in [-0.4, -0.2) is 27.0 Å². The fourth-order valence-electron chi connectivity index (χ4n) is 1.52. The lowest BCUT2D eigenvalue weighted by Gasteiger charge is -2.05. The van der Waals surface area contributed by atoms with Gasteiger partial charge in [-0.2, -0.15) is 0 Å². The molecule has 2 N–H and O–H groups in total. The van der Waals surface area contributed by atoms with Crippen molar-refractivity contribution in [1.29, 1.82) is 0 Å². The molecular formula is C14H11N3O3. The average Bonchev–Trinajstić information content (AvgIpc) is 2.46. The zero-order valence-corrected chi connectivity index (χ0v) is 10.4. The Morgan fingerprint density at radius 1 is 1.10 bits per heavy atom. The van der Waals surface area contributed by atoms with Gasteiger partial charge in [0.2, 0.25) is 0 Å². The van der Waals surface area contributed by atoms with E-state index < -0.39 is 11.9 Å². The van der Waals surface area contributed by atoms with E-state index in [2.05, 4.69) is 15.3 Å². The van der Waals surface area contributed by atoms with Crippen LogP contribution < -0.4 is 5.32 Å². The van der Waals surface area contributed by atoms with Gasteiger partial charge in [-0.15, -0.1) is 0 Å². The molecule has 2 aromatic rings. The van der Waals surface area contributed by atoms with Crippen LogP contribution >= 0.6 is 0 Å². The highest BCUT2D eigenvalue weighted by Gasteiger charge is 2.11. The van der Waals surface area contributed by atoms with E-state index in [1.54, 1.807) is 36.5 Å². The lowest BCUT2D eigenvalue weighted by Crippen LogP contribution is -2.15. The monoisotopic (exact) mass is 269 g/mol. The predicted octanol–water partition coefficient (Wildman–Crippen LogP) is 1.83. The molecule has 0 aromatic carbocycles. The molecule has 0 saturated carbocycles. The number of rotatable bonds is 4. The van der Waals surface area contributed by atoms with Crippen molar-refractivity contribution in [2.45, 2.75) is 0 Å². The van der Waals surface area contributed by atoms with Crippen molar-refractivity contribution in [1.82, 2.24) is 9.97 Å². The van der Waals surface area contributed by atoms with Gasteiger partial charge < -0.3 is 10.4 Å². The molecule has 0 aliphatic rings. The zero-order valence-electron chi connectivity index (χ0n) is 10.4. The number of nitrogens with one attached hydrogen (secondary N) is 1. The van der Waals surface area contributed by atoms with Crippen LogP contribution in [0.2, 0.25) is 0 Å². The quantitative estimate of drug-likeness (QED) is 0.826. The number of nitrogens with zero attached hydrogens (tertiary/aromatic N) is 2. The summed E-state index contributed by atoms with van der Waals surface area (Å²) < 4.78 is 0. The van der Waals surface area contributed by atoms with Crippen molar-refractivity contribution >= 4 is 23.8 Å². The Hall–Kier alpha value is -3.02. The van der Waals surface area contributed by atoms with Gasteiger partial charge in [0.15, 0.2) is 0 Å². The molecule has 2 rings (SSSR count). The number of carbonyl (C=O) groups is 2. The summed E-state index contributed by atoms with van der Waals surface area (Å²) in [7, 11) is 0. The highest BCUT2D eigenvalue weighted by Crippen LogP contribution is 2.10. The first-order chi connectivity index (χ1) is 9.66. The summed E-state index contributed by atoms with van der Waals surface area (Å²) in [4.78, 5) is 30.6. The summed E-state index contributed by atoms with van der Waals surface area (Å²) in [6.45, 7) is 0. The van der Waals surface area contributed by atoms with Gasteiger partial charge in [0.05, 0.1) is 0 Å². The third kappa shape index (κ3) is 3.49. The maximum Gasteiger partial charge on any atom is 0.328 e. The molecule has 2 aromatic heterocycles. The van der Waals surface area contributed by atoms with Crippen LogP contribution in [0.3, 0.4) is 0 Å². The van der Waals surface area contributed by atoms with Crippen LogP contribution in [0.4, 0.5) is 5.82 Å². The molecule has 0 aliphatic carbocycles. The van der Waals surface area contributed by atoms with E-state index in [9.17, 15) is 9.59 Å². The largest absolute Gasteiger partial charge is 0.478 e. The van der Waals surface area contributed by atoms with Gasteiger partial charge in [0.1, 0.15) is 11.5 Å². The van der Waals surface area contributed by atoms with Crippen molar-refractivity contribution in [3.8, 4) is 0 Å². The Labute approximate surface area is 114 Å². The molecule has 0 aliphatic heterocycles. The first kappa shape index (κ1) is 13.4. The Morgan fingerprint density at radius 2 is 1.90 bits per heavy atom. The van der Waals surface area contributed by atoms with E-state index in [0.717, 1.165) is 6.08 Å². The summed E-state index contributed by atoms with van der Waals surface area (Å²) in [5.74, 6) is -1.14. The predicted molar refractivity (Wildman–Crippen MR) is 73.1 cm³/mol. The molecule has 0 saturated heterocycles. The maximum absolute atomic E-state index is 12.1. The lowest BCUT2D eigenvalue weighted by molar-refractivity contribution is -0.131. The number of carboxylic acid groups (broad SMARTS) is 1. The lowest BCUT2D eigenvalue weighted by atomic mass is 10.1. The molecule has 0 spiro atoms. The number of carboxylic acids is 1. The molecule has 6 heteroatoms. The molecule has 2 heterocycles. The fraction of sp³-hybridized carbons (Fsp3) is 0. The van der Waals surface area contributed by atoms with E-state index in [4.69, 9.17) is 5.11 Å². The van der Waals surface area contributed by atoms with Gasteiger partial charge in [0.25, 0.3) is 5.91 Å². The smallest absolute Gasteiger partial charge is 0.328 e. The summed E-state index contributed by atoms with van der Waals surface area (Å²) in [6, 6.07) is 8.36. The molecule has 0 radical (unpaired) electrons. The molecule has 100 valence electrons. The molecule has 0 fully saturated rings. The van der Waals surface area contributed by atoms with Crippen LogP contribution in [0.5, 0.6) is 0 Å². The molecular weight excluding hydrogens is 258 g/mol. The van der Waals surface area contributed by atoms with E-state index in [0.29, 0.717) is 11.4 Å². The molecule has 6 nitrogen and oxygen atoms in total. The van der Waals surface area contributed by atoms with E-state index >= 15 is 0 Å².